The fourth-order valence-corrected chi connectivity index (χ4v) is 5.74. The van der Waals surface area contributed by atoms with Crippen LogP contribution in [-0.2, 0) is 34.0 Å². The van der Waals surface area contributed by atoms with Crippen molar-refractivity contribution in [2.75, 3.05) is 20.4 Å². The van der Waals surface area contributed by atoms with Gasteiger partial charge in [0.1, 0.15) is 11.7 Å². The van der Waals surface area contributed by atoms with E-state index >= 15 is 0 Å². The molecule has 0 bridgehead atoms. The van der Waals surface area contributed by atoms with Gasteiger partial charge in [0.05, 0.1) is 17.9 Å². The van der Waals surface area contributed by atoms with E-state index in [0.29, 0.717) is 35.0 Å². The third-order valence-electron chi connectivity index (χ3n) is 8.33. The lowest BCUT2D eigenvalue weighted by atomic mass is 10.0. The van der Waals surface area contributed by atoms with Crippen molar-refractivity contribution in [1.29, 1.82) is 0 Å². The van der Waals surface area contributed by atoms with Gasteiger partial charge in [-0.25, -0.2) is 9.18 Å². The van der Waals surface area contributed by atoms with Gasteiger partial charge in [0.15, 0.2) is 0 Å². The number of para-hydroxylation sites is 3. The van der Waals surface area contributed by atoms with E-state index < -0.39 is 41.9 Å². The van der Waals surface area contributed by atoms with E-state index in [9.17, 15) is 23.6 Å². The van der Waals surface area contributed by atoms with Gasteiger partial charge in [-0.3, -0.25) is 19.3 Å². The molecule has 260 valence electrons. The molecule has 0 saturated carbocycles. The Labute approximate surface area is 300 Å². The monoisotopic (exact) mass is 706 g/mol. The maximum Gasteiger partial charge on any atom is 0.323 e. The number of hydrogen-bond acceptors (Lipinski definition) is 5. The van der Waals surface area contributed by atoms with Crippen LogP contribution in [0.25, 0.3) is 0 Å². The van der Waals surface area contributed by atoms with E-state index in [2.05, 4.69) is 16.0 Å². The van der Waals surface area contributed by atoms with Gasteiger partial charge in [-0.15, -0.1) is 12.4 Å². The van der Waals surface area contributed by atoms with Crippen LogP contribution in [0.5, 0.6) is 0 Å². The molecule has 51 heavy (non-hydrogen) atoms. The minimum absolute atomic E-state index is 0. The Kier molecular flexibility index (Phi) is 11.8. The molecule has 5 aromatic carbocycles. The van der Waals surface area contributed by atoms with Gasteiger partial charge in [0.25, 0.3) is 0 Å². The number of carbonyl (C=O) groups excluding carboxylic acids is 4. The maximum absolute atomic E-state index is 14.4. The predicted octanol–water partition coefficient (Wildman–Crippen LogP) is 6.88. The summed E-state index contributed by atoms with van der Waals surface area (Å²) < 4.78 is 14.3. The molecule has 1 aliphatic heterocycles. The van der Waals surface area contributed by atoms with Crippen molar-refractivity contribution in [1.82, 2.24) is 5.32 Å². The van der Waals surface area contributed by atoms with Gasteiger partial charge in [0, 0.05) is 42.1 Å². The molecule has 10 nitrogen and oxygen atoms in total. The molecule has 1 aliphatic rings. The van der Waals surface area contributed by atoms with Crippen LogP contribution in [0.2, 0.25) is 0 Å². The van der Waals surface area contributed by atoms with Crippen molar-refractivity contribution in [2.45, 2.75) is 26.1 Å². The average Bonchev–Trinajstić information content (AvgIpc) is 3.21. The Bertz CT molecular complexity index is 2010. The highest BCUT2D eigenvalue weighted by Gasteiger charge is 2.42. The molecule has 0 fully saturated rings. The molecule has 5 aromatic rings. The molecule has 1 unspecified atom stereocenters. The van der Waals surface area contributed by atoms with E-state index in [1.807, 2.05) is 30.3 Å². The average molecular weight is 707 g/mol. The predicted molar refractivity (Wildman–Crippen MR) is 198 cm³/mol. The number of amides is 5. The number of fused-ring (bicyclic) bond motifs is 1. The van der Waals surface area contributed by atoms with Crippen LogP contribution in [0.1, 0.15) is 23.1 Å². The van der Waals surface area contributed by atoms with Crippen molar-refractivity contribution in [3.8, 4) is 0 Å². The SMILES string of the molecule is Cl.NCc1ccc(N2C(=O)C(CC(=O)NCc3ccccc3F)C(=O)N(Cc3ccc(NC(=O)Nc4ccccc4)cc3)c3ccccc32)cc1. The van der Waals surface area contributed by atoms with Crippen molar-refractivity contribution in [3.05, 3.63) is 150 Å². The summed E-state index contributed by atoms with van der Waals surface area (Å²) in [6.45, 7) is 0.291. The van der Waals surface area contributed by atoms with Crippen molar-refractivity contribution < 1.29 is 23.6 Å². The number of nitrogens with zero attached hydrogens (tertiary/aromatic N) is 2. The van der Waals surface area contributed by atoms with Crippen LogP contribution >= 0.6 is 12.4 Å². The first-order valence-electron chi connectivity index (χ1n) is 16.1. The Hall–Kier alpha value is -6.04. The number of nitrogens with one attached hydrogen (secondary N) is 3. The summed E-state index contributed by atoms with van der Waals surface area (Å²) in [5.74, 6) is -3.57. The number of carbonyl (C=O) groups is 4. The number of anilines is 5. The summed E-state index contributed by atoms with van der Waals surface area (Å²) in [5, 5.41) is 8.23. The molecule has 1 heterocycles. The van der Waals surface area contributed by atoms with E-state index in [1.165, 1.54) is 15.9 Å². The first-order valence-corrected chi connectivity index (χ1v) is 16.1. The van der Waals surface area contributed by atoms with Crippen LogP contribution in [0.15, 0.2) is 127 Å². The van der Waals surface area contributed by atoms with Gasteiger partial charge in [-0.05, 0) is 65.7 Å². The van der Waals surface area contributed by atoms with Gasteiger partial charge in [0.2, 0.25) is 17.7 Å². The second kappa shape index (κ2) is 16.6. The lowest BCUT2D eigenvalue weighted by Gasteiger charge is -2.26. The number of urea groups is 1. The molecule has 5 amide bonds. The van der Waals surface area contributed by atoms with E-state index in [1.54, 1.807) is 91.0 Å². The quantitative estimate of drug-likeness (QED) is 0.117. The summed E-state index contributed by atoms with van der Waals surface area (Å²) in [7, 11) is 0. The lowest BCUT2D eigenvalue weighted by Crippen LogP contribution is -2.43. The van der Waals surface area contributed by atoms with Crippen LogP contribution in [0.4, 0.5) is 37.6 Å². The van der Waals surface area contributed by atoms with Crippen LogP contribution in [0, 0.1) is 11.7 Å². The molecule has 0 aromatic heterocycles. The largest absolute Gasteiger partial charge is 0.352 e. The molecular formula is C39H36ClFN6O4. The van der Waals surface area contributed by atoms with Crippen molar-refractivity contribution in [3.63, 3.8) is 0 Å². The summed E-state index contributed by atoms with van der Waals surface area (Å²) in [5.41, 5.74) is 10.3. The van der Waals surface area contributed by atoms with Crippen LogP contribution in [0.3, 0.4) is 0 Å². The second-order valence-electron chi connectivity index (χ2n) is 11.7. The summed E-state index contributed by atoms with van der Waals surface area (Å²) >= 11 is 0. The van der Waals surface area contributed by atoms with Gasteiger partial charge >= 0.3 is 6.03 Å². The molecule has 0 aliphatic carbocycles. The number of nitrogens with two attached hydrogens (primary N) is 1. The summed E-state index contributed by atoms with van der Waals surface area (Å²) in [4.78, 5) is 57.5. The van der Waals surface area contributed by atoms with E-state index in [4.69, 9.17) is 5.73 Å². The topological polar surface area (TPSA) is 137 Å². The third kappa shape index (κ3) is 8.58. The first-order chi connectivity index (χ1) is 24.3. The third-order valence-corrected chi connectivity index (χ3v) is 8.33. The Morgan fingerprint density at radius 2 is 1.27 bits per heavy atom. The fourth-order valence-electron chi connectivity index (χ4n) is 5.74. The maximum atomic E-state index is 14.4. The Morgan fingerprint density at radius 3 is 1.94 bits per heavy atom. The smallest absolute Gasteiger partial charge is 0.323 e. The van der Waals surface area contributed by atoms with Crippen molar-refractivity contribution >= 4 is 64.6 Å². The number of rotatable bonds is 10. The molecule has 1 atom stereocenters. The highest BCUT2D eigenvalue weighted by atomic mass is 35.5. The van der Waals surface area contributed by atoms with Crippen LogP contribution < -0.4 is 31.5 Å². The van der Waals surface area contributed by atoms with Gasteiger partial charge < -0.3 is 26.6 Å². The zero-order valence-corrected chi connectivity index (χ0v) is 28.2. The second-order valence-corrected chi connectivity index (χ2v) is 11.7. The number of halogens is 2. The molecule has 5 N–H and O–H groups in total. The Balaban J connectivity index is 0.00000504. The zero-order chi connectivity index (χ0) is 35.0. The molecular weight excluding hydrogens is 671 g/mol. The normalized spacial score (nSPS) is 13.8. The van der Waals surface area contributed by atoms with E-state index in [-0.39, 0.29) is 31.1 Å². The minimum atomic E-state index is -1.39. The summed E-state index contributed by atoms with van der Waals surface area (Å²) in [6.07, 6.45) is -0.451. The number of benzene rings is 5. The van der Waals surface area contributed by atoms with Gasteiger partial charge in [-0.1, -0.05) is 72.8 Å². The highest BCUT2D eigenvalue weighted by Crippen LogP contribution is 2.40. The Morgan fingerprint density at radius 1 is 0.686 bits per heavy atom. The fraction of sp³-hybridized carbons (Fsp3) is 0.128. The molecule has 12 heteroatoms. The molecule has 0 radical (unpaired) electrons. The summed E-state index contributed by atoms with van der Waals surface area (Å²) in [6, 6.07) is 35.9. The zero-order valence-electron chi connectivity index (χ0n) is 27.4. The first kappa shape index (κ1) is 36.2. The van der Waals surface area contributed by atoms with Crippen molar-refractivity contribution in [2.24, 2.45) is 11.7 Å². The number of hydrogen-bond donors (Lipinski definition) is 4. The molecule has 0 saturated heterocycles. The van der Waals surface area contributed by atoms with Crippen LogP contribution in [-0.4, -0.2) is 23.8 Å². The lowest BCUT2D eigenvalue weighted by molar-refractivity contribution is -0.136. The standard InChI is InChI=1S/C39H35FN6O4.ClH/c40-33-11-5-4-8-28(33)24-42-36(47)22-32-37(48)45(25-27-14-18-30(19-15-27)44-39(50)43-29-9-2-1-3-10-29)34-12-6-7-13-35(34)46(38(32)49)31-20-16-26(23-41)17-21-31;/h1-21,32H,22-25,41H2,(H,42,47)(H2,43,44,50);1H. The van der Waals surface area contributed by atoms with E-state index in [0.717, 1.165) is 11.1 Å². The minimum Gasteiger partial charge on any atom is -0.352 e. The highest BCUT2D eigenvalue weighted by molar-refractivity contribution is 6.21. The molecule has 6 rings (SSSR count). The van der Waals surface area contributed by atoms with Gasteiger partial charge in [-0.2, -0.15) is 0 Å². The molecule has 0 spiro atoms.